The summed E-state index contributed by atoms with van der Waals surface area (Å²) in [6, 6.07) is 6.24. The predicted octanol–water partition coefficient (Wildman–Crippen LogP) is 4.06. The SMILES string of the molecule is FC(F)(F)C1(c2ccc(C=C3CCOCC3)cc2)N=N1. The van der Waals surface area contributed by atoms with E-state index >= 15 is 0 Å². The van der Waals surface area contributed by atoms with Gasteiger partial charge in [0.15, 0.2) is 0 Å². The zero-order valence-corrected chi connectivity index (χ0v) is 10.7. The molecular weight excluding hydrogens is 269 g/mol. The largest absolute Gasteiger partial charge is 0.442 e. The maximum absolute atomic E-state index is 12.8. The number of halogens is 3. The van der Waals surface area contributed by atoms with Gasteiger partial charge in [-0.2, -0.15) is 13.2 Å². The van der Waals surface area contributed by atoms with Gasteiger partial charge in [0.2, 0.25) is 0 Å². The molecule has 0 radical (unpaired) electrons. The Bertz CT molecular complexity index is 547. The Labute approximate surface area is 114 Å². The van der Waals surface area contributed by atoms with Crippen molar-refractivity contribution in [1.29, 1.82) is 0 Å². The lowest BCUT2D eigenvalue weighted by molar-refractivity contribution is -0.166. The third-order valence-electron chi connectivity index (χ3n) is 3.51. The third-order valence-corrected chi connectivity index (χ3v) is 3.51. The summed E-state index contributed by atoms with van der Waals surface area (Å²) >= 11 is 0. The lowest BCUT2D eigenvalue weighted by Gasteiger charge is -2.16. The summed E-state index contributed by atoms with van der Waals surface area (Å²) in [6.45, 7) is 1.41. The van der Waals surface area contributed by atoms with Crippen molar-refractivity contribution >= 4 is 6.08 Å². The second-order valence-electron chi connectivity index (χ2n) is 4.91. The molecule has 0 unspecified atom stereocenters. The van der Waals surface area contributed by atoms with E-state index in [1.807, 2.05) is 6.08 Å². The van der Waals surface area contributed by atoms with Crippen LogP contribution in [0.4, 0.5) is 13.2 Å². The van der Waals surface area contributed by atoms with Crippen LogP contribution in [0.25, 0.3) is 6.08 Å². The first-order valence-electron chi connectivity index (χ1n) is 6.40. The van der Waals surface area contributed by atoms with Crippen LogP contribution in [-0.2, 0) is 10.4 Å². The number of rotatable bonds is 2. The number of benzene rings is 1. The average Bonchev–Trinajstić information content (AvgIpc) is 3.22. The Hall–Kier alpha value is -1.69. The molecule has 0 saturated carbocycles. The van der Waals surface area contributed by atoms with Gasteiger partial charge in [-0.05, 0) is 18.4 Å². The third kappa shape index (κ3) is 2.35. The van der Waals surface area contributed by atoms with Gasteiger partial charge in [-0.3, -0.25) is 0 Å². The molecule has 0 amide bonds. The molecule has 0 aromatic heterocycles. The lowest BCUT2D eigenvalue weighted by atomic mass is 9.99. The summed E-state index contributed by atoms with van der Waals surface area (Å²) in [7, 11) is 0. The van der Waals surface area contributed by atoms with Crippen molar-refractivity contribution in [3.63, 3.8) is 0 Å². The van der Waals surface area contributed by atoms with Gasteiger partial charge in [0, 0.05) is 5.56 Å². The zero-order chi connectivity index (χ0) is 14.2. The molecule has 0 aliphatic carbocycles. The number of nitrogens with zero attached hydrogens (tertiary/aromatic N) is 2. The van der Waals surface area contributed by atoms with E-state index < -0.39 is 11.8 Å². The molecule has 2 aliphatic heterocycles. The second-order valence-corrected chi connectivity index (χ2v) is 4.91. The highest BCUT2D eigenvalue weighted by molar-refractivity contribution is 5.54. The number of hydrogen-bond donors (Lipinski definition) is 0. The summed E-state index contributed by atoms with van der Waals surface area (Å²) in [5.74, 6) is 0. The first-order valence-corrected chi connectivity index (χ1v) is 6.40. The zero-order valence-electron chi connectivity index (χ0n) is 10.7. The van der Waals surface area contributed by atoms with Crippen LogP contribution in [0.3, 0.4) is 0 Å². The van der Waals surface area contributed by atoms with Crippen LogP contribution in [0.15, 0.2) is 40.1 Å². The summed E-state index contributed by atoms with van der Waals surface area (Å²) in [5, 5.41) is 6.38. The standard InChI is InChI=1S/C14H13F3N2O/c15-14(16,17)13(18-19-13)12-3-1-10(2-4-12)9-11-5-7-20-8-6-11/h1-4,9H,5-8H2. The van der Waals surface area contributed by atoms with Crippen molar-refractivity contribution in [2.45, 2.75) is 24.7 Å². The molecule has 6 heteroatoms. The monoisotopic (exact) mass is 282 g/mol. The van der Waals surface area contributed by atoms with E-state index in [0.29, 0.717) is 13.2 Å². The van der Waals surface area contributed by atoms with Crippen molar-refractivity contribution in [2.75, 3.05) is 13.2 Å². The molecule has 1 aromatic rings. The highest BCUT2D eigenvalue weighted by Crippen LogP contribution is 2.52. The lowest BCUT2D eigenvalue weighted by Crippen LogP contribution is -2.29. The first-order chi connectivity index (χ1) is 9.51. The Kier molecular flexibility index (Phi) is 3.12. The Morgan fingerprint density at radius 1 is 1.05 bits per heavy atom. The molecule has 2 heterocycles. The average molecular weight is 282 g/mol. The molecule has 2 aliphatic rings. The second kappa shape index (κ2) is 4.70. The Balaban J connectivity index is 1.79. The van der Waals surface area contributed by atoms with Crippen molar-refractivity contribution in [2.24, 2.45) is 10.2 Å². The number of alkyl halides is 3. The van der Waals surface area contributed by atoms with Crippen molar-refractivity contribution < 1.29 is 17.9 Å². The number of hydrogen-bond acceptors (Lipinski definition) is 3. The smallest absolute Gasteiger partial charge is 0.381 e. The minimum atomic E-state index is -4.46. The van der Waals surface area contributed by atoms with E-state index in [2.05, 4.69) is 10.2 Å². The minimum Gasteiger partial charge on any atom is -0.381 e. The van der Waals surface area contributed by atoms with Crippen LogP contribution in [0.5, 0.6) is 0 Å². The summed E-state index contributed by atoms with van der Waals surface area (Å²) in [6.07, 6.45) is -0.709. The van der Waals surface area contributed by atoms with E-state index in [0.717, 1.165) is 18.4 Å². The quantitative estimate of drug-likeness (QED) is 0.805. The van der Waals surface area contributed by atoms with Gasteiger partial charge in [-0.25, -0.2) is 0 Å². The van der Waals surface area contributed by atoms with Crippen LogP contribution in [0.1, 0.15) is 24.0 Å². The molecule has 20 heavy (non-hydrogen) atoms. The van der Waals surface area contributed by atoms with Crippen LogP contribution >= 0.6 is 0 Å². The van der Waals surface area contributed by atoms with Gasteiger partial charge < -0.3 is 4.74 Å². The van der Waals surface area contributed by atoms with Crippen molar-refractivity contribution in [3.8, 4) is 0 Å². The Morgan fingerprint density at radius 2 is 1.65 bits per heavy atom. The number of ether oxygens (including phenoxy) is 1. The summed E-state index contributed by atoms with van der Waals surface area (Å²) in [4.78, 5) is 0. The molecule has 1 fully saturated rings. The van der Waals surface area contributed by atoms with Crippen LogP contribution in [0, 0.1) is 0 Å². The maximum atomic E-state index is 12.8. The molecule has 1 aromatic carbocycles. The topological polar surface area (TPSA) is 34.0 Å². The minimum absolute atomic E-state index is 0.0686. The van der Waals surface area contributed by atoms with Gasteiger partial charge in [0.05, 0.1) is 13.2 Å². The van der Waals surface area contributed by atoms with Gasteiger partial charge in [-0.15, -0.1) is 10.2 Å². The maximum Gasteiger partial charge on any atom is 0.442 e. The van der Waals surface area contributed by atoms with Crippen LogP contribution in [-0.4, -0.2) is 19.4 Å². The van der Waals surface area contributed by atoms with Crippen molar-refractivity contribution in [3.05, 3.63) is 41.0 Å². The van der Waals surface area contributed by atoms with Gasteiger partial charge in [-0.1, -0.05) is 35.9 Å². The molecule has 1 saturated heterocycles. The van der Waals surface area contributed by atoms with E-state index in [1.165, 1.54) is 17.7 Å². The fourth-order valence-corrected chi connectivity index (χ4v) is 2.27. The predicted molar refractivity (Wildman–Crippen MR) is 67.1 cm³/mol. The normalized spacial score (nSPS) is 20.9. The summed E-state index contributed by atoms with van der Waals surface area (Å²) in [5.41, 5.74) is -0.102. The molecule has 0 N–H and O–H groups in total. The highest BCUT2D eigenvalue weighted by atomic mass is 19.4. The highest BCUT2D eigenvalue weighted by Gasteiger charge is 2.65. The molecule has 0 bridgehead atoms. The van der Waals surface area contributed by atoms with Gasteiger partial charge in [0.25, 0.3) is 0 Å². The van der Waals surface area contributed by atoms with Crippen molar-refractivity contribution in [1.82, 2.24) is 0 Å². The van der Waals surface area contributed by atoms with E-state index in [9.17, 15) is 13.2 Å². The first kappa shape index (κ1) is 13.3. The van der Waals surface area contributed by atoms with E-state index in [1.54, 1.807) is 12.1 Å². The van der Waals surface area contributed by atoms with Gasteiger partial charge in [0.1, 0.15) is 0 Å². The molecule has 0 atom stereocenters. The summed E-state index contributed by atoms with van der Waals surface area (Å²) < 4.78 is 43.8. The molecule has 0 spiro atoms. The fourth-order valence-electron chi connectivity index (χ4n) is 2.27. The molecule has 3 nitrogen and oxygen atoms in total. The molecule has 3 rings (SSSR count). The Morgan fingerprint density at radius 3 is 2.15 bits per heavy atom. The van der Waals surface area contributed by atoms with Gasteiger partial charge >= 0.3 is 11.8 Å². The van der Waals surface area contributed by atoms with Crippen LogP contribution < -0.4 is 0 Å². The van der Waals surface area contributed by atoms with E-state index in [-0.39, 0.29) is 5.56 Å². The fraction of sp³-hybridized carbons (Fsp3) is 0.429. The molecular formula is C14H13F3N2O. The van der Waals surface area contributed by atoms with E-state index in [4.69, 9.17) is 4.74 Å². The van der Waals surface area contributed by atoms with Crippen LogP contribution in [0.2, 0.25) is 0 Å². The molecule has 106 valence electrons.